The van der Waals surface area contributed by atoms with Crippen LogP contribution in [0.1, 0.15) is 40.8 Å². The molecule has 4 heterocycles. The predicted molar refractivity (Wildman–Crippen MR) is 158 cm³/mol. The molecule has 0 aliphatic carbocycles. The van der Waals surface area contributed by atoms with Crippen LogP contribution >= 0.6 is 11.6 Å². The molecule has 6 rings (SSSR count). The number of anilines is 1. The molecule has 2 aromatic carbocycles. The number of fused-ring (bicyclic) bond motifs is 2. The Bertz CT molecular complexity index is 1470. The predicted octanol–water partition coefficient (Wildman–Crippen LogP) is 4.66. The van der Waals surface area contributed by atoms with Gasteiger partial charge in [0, 0.05) is 6.20 Å². The molecule has 2 saturated heterocycles. The quantitative estimate of drug-likeness (QED) is 0.263. The molecular formula is C30H35ClN4O4Si. The Morgan fingerprint density at radius 1 is 0.950 bits per heavy atom. The van der Waals surface area contributed by atoms with Crippen molar-refractivity contribution in [3.63, 3.8) is 0 Å². The van der Waals surface area contributed by atoms with Crippen molar-refractivity contribution >= 4 is 47.3 Å². The van der Waals surface area contributed by atoms with Gasteiger partial charge in [-0.3, -0.25) is 0 Å². The molecule has 0 amide bonds. The highest BCUT2D eigenvalue weighted by molar-refractivity contribution is 6.99. The van der Waals surface area contributed by atoms with Crippen molar-refractivity contribution in [2.75, 3.05) is 12.3 Å². The molecule has 40 heavy (non-hydrogen) atoms. The molecule has 0 radical (unpaired) electrons. The van der Waals surface area contributed by atoms with E-state index in [-0.39, 0.29) is 29.3 Å². The number of hydrogen-bond acceptors (Lipinski definition) is 7. The molecule has 0 spiro atoms. The van der Waals surface area contributed by atoms with E-state index in [0.717, 1.165) is 0 Å². The van der Waals surface area contributed by atoms with Gasteiger partial charge in [0.05, 0.1) is 12.0 Å². The standard InChI is InChI=1S/C30H35ClN4O4Si/c1-29(2,3)40(19-12-8-6-9-13-19,20-14-10-7-11-15-20)36-18-22-23-24(39-30(4,5)38-23)27(37-22)35-17-16-21-25(31)33-28(32)34-26(21)35/h6-17,22-24,27H,18H2,1-5H3,(H2,32,33,34)/t22-,23-,24-,27-/m1/s1. The number of aromatic nitrogens is 3. The second kappa shape index (κ2) is 9.94. The number of hydrogen-bond donors (Lipinski definition) is 1. The summed E-state index contributed by atoms with van der Waals surface area (Å²) in [5.74, 6) is -0.677. The molecule has 2 fully saturated rings. The van der Waals surface area contributed by atoms with Crippen molar-refractivity contribution in [3.8, 4) is 0 Å². The molecule has 2 aliphatic heterocycles. The van der Waals surface area contributed by atoms with Crippen molar-refractivity contribution in [3.05, 3.63) is 78.1 Å². The lowest BCUT2D eigenvalue weighted by molar-refractivity contribution is -0.199. The lowest BCUT2D eigenvalue weighted by atomic mass is 10.1. The number of rotatable bonds is 6. The van der Waals surface area contributed by atoms with Gasteiger partial charge in [0.25, 0.3) is 8.32 Å². The maximum Gasteiger partial charge on any atom is 0.261 e. The molecular weight excluding hydrogens is 544 g/mol. The molecule has 0 saturated carbocycles. The monoisotopic (exact) mass is 578 g/mol. The van der Waals surface area contributed by atoms with E-state index < -0.39 is 20.3 Å². The zero-order valence-corrected chi connectivity index (χ0v) is 25.1. The van der Waals surface area contributed by atoms with Crippen LogP contribution in [-0.4, -0.2) is 53.6 Å². The minimum atomic E-state index is -2.78. The number of nitrogens with two attached hydrogens (primary N) is 1. The summed E-state index contributed by atoms with van der Waals surface area (Å²) in [6.07, 6.45) is 0.262. The van der Waals surface area contributed by atoms with Gasteiger partial charge >= 0.3 is 0 Å². The van der Waals surface area contributed by atoms with Crippen LogP contribution in [-0.2, 0) is 18.6 Å². The fourth-order valence-electron chi connectivity index (χ4n) is 6.20. The highest BCUT2D eigenvalue weighted by Gasteiger charge is 2.58. The zero-order chi connectivity index (χ0) is 28.3. The molecule has 210 valence electrons. The van der Waals surface area contributed by atoms with Crippen molar-refractivity contribution < 1.29 is 18.6 Å². The Morgan fingerprint density at radius 2 is 1.55 bits per heavy atom. The van der Waals surface area contributed by atoms with Crippen LogP contribution in [0.15, 0.2) is 72.9 Å². The summed E-state index contributed by atoms with van der Waals surface area (Å²) in [6.45, 7) is 11.0. The topological polar surface area (TPSA) is 93.7 Å². The zero-order valence-electron chi connectivity index (χ0n) is 23.4. The highest BCUT2D eigenvalue weighted by Crippen LogP contribution is 2.45. The molecule has 0 bridgehead atoms. The van der Waals surface area contributed by atoms with E-state index in [1.807, 2.05) is 42.8 Å². The van der Waals surface area contributed by atoms with Crippen LogP contribution in [0.4, 0.5) is 5.95 Å². The first-order chi connectivity index (χ1) is 19.0. The van der Waals surface area contributed by atoms with Gasteiger partial charge in [0.15, 0.2) is 12.0 Å². The molecule has 2 aliphatic rings. The Balaban J connectivity index is 1.38. The van der Waals surface area contributed by atoms with Crippen molar-refractivity contribution in [2.24, 2.45) is 0 Å². The molecule has 4 atom stereocenters. The Kier molecular flexibility index (Phi) is 6.80. The van der Waals surface area contributed by atoms with Crippen LogP contribution < -0.4 is 16.1 Å². The summed E-state index contributed by atoms with van der Waals surface area (Å²) >= 11 is 6.37. The normalized spacial score (nSPS) is 24.4. The average molecular weight is 579 g/mol. The Labute approximate surface area is 240 Å². The highest BCUT2D eigenvalue weighted by atomic mass is 35.5. The van der Waals surface area contributed by atoms with Crippen molar-refractivity contribution in [1.29, 1.82) is 0 Å². The first-order valence-corrected chi connectivity index (χ1v) is 15.8. The second-order valence-electron chi connectivity index (χ2n) is 11.9. The first-order valence-electron chi connectivity index (χ1n) is 13.6. The van der Waals surface area contributed by atoms with Gasteiger partial charge in [0.2, 0.25) is 5.95 Å². The maximum absolute atomic E-state index is 7.22. The van der Waals surface area contributed by atoms with Crippen molar-refractivity contribution in [2.45, 2.75) is 70.0 Å². The molecule has 2 aromatic heterocycles. The number of ether oxygens (including phenoxy) is 3. The third kappa shape index (κ3) is 4.54. The van der Waals surface area contributed by atoms with E-state index in [0.29, 0.717) is 22.8 Å². The van der Waals surface area contributed by atoms with Crippen LogP contribution in [0.3, 0.4) is 0 Å². The summed E-state index contributed by atoms with van der Waals surface area (Å²) in [5.41, 5.74) is 6.53. The van der Waals surface area contributed by atoms with Gasteiger partial charge in [-0.05, 0) is 35.3 Å². The van der Waals surface area contributed by atoms with Gasteiger partial charge in [-0.25, -0.2) is 4.98 Å². The molecule has 2 N–H and O–H groups in total. The summed E-state index contributed by atoms with van der Waals surface area (Å²) in [7, 11) is -2.78. The largest absolute Gasteiger partial charge is 0.405 e. The van der Waals surface area contributed by atoms with Crippen LogP contribution in [0.5, 0.6) is 0 Å². The third-order valence-corrected chi connectivity index (χ3v) is 13.1. The van der Waals surface area contributed by atoms with Crippen molar-refractivity contribution in [1.82, 2.24) is 14.5 Å². The van der Waals surface area contributed by atoms with Crippen LogP contribution in [0.2, 0.25) is 10.2 Å². The smallest absolute Gasteiger partial charge is 0.261 e. The van der Waals surface area contributed by atoms with E-state index in [4.69, 9.17) is 36.0 Å². The minimum absolute atomic E-state index is 0.0995. The van der Waals surface area contributed by atoms with E-state index in [9.17, 15) is 0 Å². The van der Waals surface area contributed by atoms with Gasteiger partial charge in [-0.1, -0.05) is 93.0 Å². The Morgan fingerprint density at radius 3 is 2.15 bits per heavy atom. The summed E-state index contributed by atoms with van der Waals surface area (Å²) in [4.78, 5) is 8.55. The number of nitrogens with zero attached hydrogens (tertiary/aromatic N) is 3. The van der Waals surface area contributed by atoms with Gasteiger partial charge in [0.1, 0.15) is 29.1 Å². The van der Waals surface area contributed by atoms with Gasteiger partial charge in [-0.15, -0.1) is 0 Å². The fraction of sp³-hybridized carbons (Fsp3) is 0.400. The number of halogens is 1. The van der Waals surface area contributed by atoms with Crippen LogP contribution in [0.25, 0.3) is 11.0 Å². The summed E-state index contributed by atoms with van der Waals surface area (Å²) in [5, 5.41) is 3.25. The Hall–Kier alpha value is -2.79. The summed E-state index contributed by atoms with van der Waals surface area (Å²) < 4.78 is 28.7. The number of benzene rings is 2. The first kappa shape index (κ1) is 27.4. The molecule has 4 aromatic rings. The number of nitrogen functional groups attached to an aromatic ring is 1. The maximum atomic E-state index is 7.22. The van der Waals surface area contributed by atoms with E-state index >= 15 is 0 Å². The lowest BCUT2D eigenvalue weighted by Crippen LogP contribution is -2.67. The van der Waals surface area contributed by atoms with E-state index in [1.165, 1.54) is 10.4 Å². The van der Waals surface area contributed by atoms with E-state index in [1.54, 1.807) is 0 Å². The third-order valence-electron chi connectivity index (χ3n) is 7.82. The average Bonchev–Trinajstić information content (AvgIpc) is 3.56. The van der Waals surface area contributed by atoms with E-state index in [2.05, 4.69) is 79.3 Å². The molecule has 0 unspecified atom stereocenters. The second-order valence-corrected chi connectivity index (χ2v) is 16.6. The summed E-state index contributed by atoms with van der Waals surface area (Å²) in [6, 6.07) is 23.0. The lowest BCUT2D eigenvalue weighted by Gasteiger charge is -2.43. The van der Waals surface area contributed by atoms with Gasteiger partial charge in [-0.2, -0.15) is 4.98 Å². The minimum Gasteiger partial charge on any atom is -0.405 e. The van der Waals surface area contributed by atoms with Gasteiger partial charge < -0.3 is 28.9 Å². The van der Waals surface area contributed by atoms with Crippen LogP contribution in [0, 0.1) is 0 Å². The molecule has 8 nitrogen and oxygen atoms in total. The molecule has 10 heteroatoms. The fourth-order valence-corrected chi connectivity index (χ4v) is 11.0. The SMILES string of the molecule is CC1(C)O[C@@H]2[C@H](O1)[C@@H](CO[Si](c1ccccc1)(c1ccccc1)C(C)(C)C)O[C@H]2n1ccc2c(Cl)nc(N)nc21.